The molecule has 3 N–H and O–H groups in total. The monoisotopic (exact) mass is 612 g/mol. The molecule has 2 aliphatic rings. The number of carbonyl (C=O) groups excluding carboxylic acids is 3. The van der Waals surface area contributed by atoms with Crippen LogP contribution in [0, 0.1) is 24.6 Å². The number of halogens is 1. The van der Waals surface area contributed by atoms with Crippen LogP contribution < -0.4 is 11.1 Å². The van der Waals surface area contributed by atoms with Gasteiger partial charge in [0.25, 0.3) is 11.8 Å². The highest BCUT2D eigenvalue weighted by Crippen LogP contribution is 2.29. The molecular weight excluding hydrogens is 567 g/mol. The third-order valence-electron chi connectivity index (χ3n) is 9.54. The number of nitrogens with zero attached hydrogens (tertiary/aromatic N) is 2. The van der Waals surface area contributed by atoms with Crippen molar-refractivity contribution in [2.75, 3.05) is 26.2 Å². The first-order valence-corrected chi connectivity index (χ1v) is 16.3. The van der Waals surface area contributed by atoms with Gasteiger partial charge in [0.15, 0.2) is 0 Å². The predicted octanol–water partition coefficient (Wildman–Crippen LogP) is 5.37. The highest BCUT2D eigenvalue weighted by atomic mass is 19.1. The molecule has 0 spiro atoms. The average molecular weight is 613 g/mol. The number of carbonyl (C=O) groups is 3. The van der Waals surface area contributed by atoms with E-state index in [1.807, 2.05) is 54.3 Å². The molecule has 1 unspecified atom stereocenters. The molecule has 5 rings (SSSR count). The van der Waals surface area contributed by atoms with E-state index in [1.165, 1.54) is 24.3 Å². The van der Waals surface area contributed by atoms with E-state index in [4.69, 9.17) is 5.73 Å². The molecule has 1 saturated carbocycles. The Morgan fingerprint density at radius 2 is 1.60 bits per heavy atom. The minimum Gasteiger partial charge on any atom is -0.354 e. The number of aryl methyl sites for hydroxylation is 1. The zero-order valence-corrected chi connectivity index (χ0v) is 26.2. The molecule has 1 saturated heterocycles. The zero-order valence-electron chi connectivity index (χ0n) is 26.2. The van der Waals surface area contributed by atoms with Crippen LogP contribution >= 0.6 is 0 Å². The Balaban J connectivity index is 1.37. The van der Waals surface area contributed by atoms with E-state index in [2.05, 4.69) is 17.4 Å². The fourth-order valence-electron chi connectivity index (χ4n) is 6.80. The van der Waals surface area contributed by atoms with Crippen LogP contribution in [0.15, 0.2) is 78.9 Å². The second-order valence-electron chi connectivity index (χ2n) is 12.7. The van der Waals surface area contributed by atoms with Crippen LogP contribution in [0.25, 0.3) is 0 Å². The fourth-order valence-corrected chi connectivity index (χ4v) is 6.80. The standard InChI is InChI=1S/C37H45FN4O3/c1-26-6-5-9-31(22-26)37(45)41(20-18-27-7-3-2-4-8-27)33-19-21-42(36(44)30-14-16-32(38)17-15-30)34(23-33)35(43)40-25-29-12-10-28(24-39)11-13-29/h2-9,14-17,22,28-29,33-34H,10-13,18-21,23-25,39H2,1H3,(H,40,43)/t28?,29?,33?,34-/m1/s1. The van der Waals surface area contributed by atoms with Gasteiger partial charge in [-0.1, -0.05) is 48.0 Å². The SMILES string of the molecule is Cc1cccc(C(=O)N(CCc2ccccc2)C2CCN(C(=O)c3ccc(F)cc3)[C@@H](C(=O)NCC3CCC(CN)CC3)C2)c1. The number of nitrogens with two attached hydrogens (primary N) is 1. The van der Waals surface area contributed by atoms with E-state index in [0.717, 1.165) is 36.8 Å². The summed E-state index contributed by atoms with van der Waals surface area (Å²) in [5.74, 6) is -0.0863. The Morgan fingerprint density at radius 1 is 0.889 bits per heavy atom. The summed E-state index contributed by atoms with van der Waals surface area (Å²) in [5.41, 5.74) is 8.95. The molecule has 1 aliphatic heterocycles. The number of hydrogen-bond acceptors (Lipinski definition) is 4. The van der Waals surface area contributed by atoms with Crippen molar-refractivity contribution in [3.63, 3.8) is 0 Å². The molecule has 3 aromatic carbocycles. The molecule has 0 bridgehead atoms. The molecule has 238 valence electrons. The Morgan fingerprint density at radius 3 is 2.29 bits per heavy atom. The predicted molar refractivity (Wildman–Crippen MR) is 174 cm³/mol. The van der Waals surface area contributed by atoms with Gasteiger partial charge in [-0.25, -0.2) is 4.39 Å². The van der Waals surface area contributed by atoms with Crippen molar-refractivity contribution >= 4 is 17.7 Å². The van der Waals surface area contributed by atoms with Gasteiger partial charge in [-0.05, 0) is 112 Å². The molecule has 45 heavy (non-hydrogen) atoms. The Kier molecular flexibility index (Phi) is 11.0. The number of rotatable bonds is 10. The van der Waals surface area contributed by atoms with Crippen LogP contribution in [0.2, 0.25) is 0 Å². The van der Waals surface area contributed by atoms with E-state index in [9.17, 15) is 18.8 Å². The minimum atomic E-state index is -0.758. The van der Waals surface area contributed by atoms with Gasteiger partial charge in [-0.2, -0.15) is 0 Å². The van der Waals surface area contributed by atoms with Gasteiger partial charge < -0.3 is 20.9 Å². The van der Waals surface area contributed by atoms with Gasteiger partial charge in [-0.3, -0.25) is 14.4 Å². The maximum absolute atomic E-state index is 14.0. The van der Waals surface area contributed by atoms with Crippen molar-refractivity contribution < 1.29 is 18.8 Å². The summed E-state index contributed by atoms with van der Waals surface area (Å²) in [6, 6.07) is 22.1. The number of amides is 3. The number of hydrogen-bond donors (Lipinski definition) is 2. The van der Waals surface area contributed by atoms with Gasteiger partial charge in [0.05, 0.1) is 0 Å². The molecule has 3 aromatic rings. The maximum Gasteiger partial charge on any atom is 0.254 e. The lowest BCUT2D eigenvalue weighted by Crippen LogP contribution is -2.58. The minimum absolute atomic E-state index is 0.0752. The smallest absolute Gasteiger partial charge is 0.254 e. The molecule has 1 aliphatic carbocycles. The van der Waals surface area contributed by atoms with Crippen molar-refractivity contribution in [3.05, 3.63) is 107 Å². The summed E-state index contributed by atoms with van der Waals surface area (Å²) in [7, 11) is 0. The van der Waals surface area contributed by atoms with Crippen molar-refractivity contribution in [3.8, 4) is 0 Å². The first-order valence-electron chi connectivity index (χ1n) is 16.3. The number of piperidine rings is 1. The van der Waals surface area contributed by atoms with Crippen LogP contribution in [-0.2, 0) is 11.2 Å². The Hall–Kier alpha value is -4.04. The van der Waals surface area contributed by atoms with E-state index in [0.29, 0.717) is 68.4 Å². The summed E-state index contributed by atoms with van der Waals surface area (Å²) in [6.07, 6.45) is 5.70. The summed E-state index contributed by atoms with van der Waals surface area (Å²) < 4.78 is 13.7. The Bertz CT molecular complexity index is 1440. The second-order valence-corrected chi connectivity index (χ2v) is 12.7. The topological polar surface area (TPSA) is 95.7 Å². The highest BCUT2D eigenvalue weighted by molar-refractivity contribution is 5.98. The lowest BCUT2D eigenvalue weighted by molar-refractivity contribution is -0.127. The van der Waals surface area contributed by atoms with Crippen molar-refractivity contribution in [2.45, 2.75) is 64.0 Å². The summed E-state index contributed by atoms with van der Waals surface area (Å²) in [5, 5.41) is 3.16. The number of nitrogens with one attached hydrogen (secondary N) is 1. The summed E-state index contributed by atoms with van der Waals surface area (Å²) >= 11 is 0. The van der Waals surface area contributed by atoms with E-state index < -0.39 is 11.9 Å². The first-order chi connectivity index (χ1) is 21.8. The quantitative estimate of drug-likeness (QED) is 0.322. The van der Waals surface area contributed by atoms with Crippen LogP contribution in [-0.4, -0.2) is 65.8 Å². The number of likely N-dealkylation sites (tertiary alicyclic amines) is 1. The molecule has 2 fully saturated rings. The molecule has 8 heteroatoms. The molecule has 0 radical (unpaired) electrons. The van der Waals surface area contributed by atoms with Crippen molar-refractivity contribution in [1.29, 1.82) is 0 Å². The van der Waals surface area contributed by atoms with E-state index in [1.54, 1.807) is 4.90 Å². The van der Waals surface area contributed by atoms with Gasteiger partial charge in [0, 0.05) is 36.8 Å². The highest BCUT2D eigenvalue weighted by Gasteiger charge is 2.40. The molecule has 3 amide bonds. The van der Waals surface area contributed by atoms with Gasteiger partial charge in [0.2, 0.25) is 5.91 Å². The normalized spacial score (nSPS) is 21.6. The van der Waals surface area contributed by atoms with Crippen LogP contribution in [0.3, 0.4) is 0 Å². The average Bonchev–Trinajstić information content (AvgIpc) is 3.08. The summed E-state index contributed by atoms with van der Waals surface area (Å²) in [4.78, 5) is 45.2. The van der Waals surface area contributed by atoms with Crippen molar-refractivity contribution in [2.24, 2.45) is 17.6 Å². The van der Waals surface area contributed by atoms with Crippen LogP contribution in [0.1, 0.15) is 70.4 Å². The Labute approximate surface area is 266 Å². The molecule has 7 nitrogen and oxygen atoms in total. The molecule has 2 atom stereocenters. The first kappa shape index (κ1) is 32.4. The lowest BCUT2D eigenvalue weighted by Gasteiger charge is -2.43. The van der Waals surface area contributed by atoms with Gasteiger partial charge >= 0.3 is 0 Å². The van der Waals surface area contributed by atoms with E-state index in [-0.39, 0.29) is 23.8 Å². The zero-order chi connectivity index (χ0) is 31.8. The largest absolute Gasteiger partial charge is 0.354 e. The van der Waals surface area contributed by atoms with Crippen molar-refractivity contribution in [1.82, 2.24) is 15.1 Å². The van der Waals surface area contributed by atoms with Crippen LogP contribution in [0.4, 0.5) is 4.39 Å². The fraction of sp³-hybridized carbons (Fsp3) is 0.432. The van der Waals surface area contributed by atoms with E-state index >= 15 is 0 Å². The molecular formula is C37H45FN4O3. The molecule has 1 heterocycles. The maximum atomic E-state index is 14.0. The third-order valence-corrected chi connectivity index (χ3v) is 9.54. The lowest BCUT2D eigenvalue weighted by atomic mass is 9.82. The number of benzene rings is 3. The molecule has 0 aromatic heterocycles. The third kappa shape index (κ3) is 8.37. The summed E-state index contributed by atoms with van der Waals surface area (Å²) in [6.45, 7) is 4.02. The van der Waals surface area contributed by atoms with Gasteiger partial charge in [0.1, 0.15) is 11.9 Å². The van der Waals surface area contributed by atoms with Gasteiger partial charge in [-0.15, -0.1) is 0 Å². The van der Waals surface area contributed by atoms with Crippen LogP contribution in [0.5, 0.6) is 0 Å². The second kappa shape index (κ2) is 15.3.